The maximum atomic E-state index is 13.6. The van der Waals surface area contributed by atoms with Crippen LogP contribution in [0.3, 0.4) is 0 Å². The first kappa shape index (κ1) is 13.6. The molecular formula is C15H12ClFO2. The molecule has 0 heterocycles. The van der Waals surface area contributed by atoms with E-state index in [4.69, 9.17) is 16.3 Å². The van der Waals surface area contributed by atoms with Gasteiger partial charge in [0.15, 0.2) is 17.3 Å². The number of hydrogen-bond acceptors (Lipinski definition) is 2. The Morgan fingerprint density at radius 1 is 1.21 bits per heavy atom. The summed E-state index contributed by atoms with van der Waals surface area (Å²) in [6.45, 7) is 3.28. The van der Waals surface area contributed by atoms with Gasteiger partial charge in [-0.15, -0.1) is 0 Å². The molecule has 0 saturated carbocycles. The lowest BCUT2D eigenvalue weighted by atomic mass is 10.1. The smallest absolute Gasteiger partial charge is 0.165 e. The second kappa shape index (κ2) is 5.41. The van der Waals surface area contributed by atoms with Crippen molar-refractivity contribution in [3.05, 3.63) is 58.4 Å². The number of ether oxygens (including phenoxy) is 1. The van der Waals surface area contributed by atoms with Gasteiger partial charge in [0, 0.05) is 11.6 Å². The lowest BCUT2D eigenvalue weighted by Gasteiger charge is -2.09. The zero-order valence-corrected chi connectivity index (χ0v) is 11.3. The first-order chi connectivity index (χ1) is 8.97. The molecule has 0 radical (unpaired) electrons. The summed E-state index contributed by atoms with van der Waals surface area (Å²) in [5.74, 6) is -0.0539. The van der Waals surface area contributed by atoms with Crippen LogP contribution in [0.15, 0.2) is 36.4 Å². The Kier molecular flexibility index (Phi) is 3.86. The van der Waals surface area contributed by atoms with Gasteiger partial charge in [-0.1, -0.05) is 17.7 Å². The SMILES string of the molecule is CC(=O)c1ccc(Oc2cc(C)ccc2F)cc1Cl. The summed E-state index contributed by atoms with van der Waals surface area (Å²) in [5, 5.41) is 0.290. The first-order valence-corrected chi connectivity index (χ1v) is 6.09. The fourth-order valence-corrected chi connectivity index (χ4v) is 1.96. The minimum absolute atomic E-state index is 0.127. The average molecular weight is 279 g/mol. The summed E-state index contributed by atoms with van der Waals surface area (Å²) >= 11 is 5.97. The number of benzene rings is 2. The molecule has 19 heavy (non-hydrogen) atoms. The topological polar surface area (TPSA) is 26.3 Å². The molecule has 0 bridgehead atoms. The Morgan fingerprint density at radius 2 is 1.95 bits per heavy atom. The molecule has 4 heteroatoms. The van der Waals surface area contributed by atoms with Gasteiger partial charge in [0.25, 0.3) is 0 Å². The third-order valence-electron chi connectivity index (χ3n) is 2.63. The van der Waals surface area contributed by atoms with Gasteiger partial charge in [-0.05, 0) is 43.7 Å². The molecule has 2 rings (SSSR count). The average Bonchev–Trinajstić information content (AvgIpc) is 2.33. The first-order valence-electron chi connectivity index (χ1n) is 5.72. The number of carbonyl (C=O) groups is 1. The van der Waals surface area contributed by atoms with E-state index in [9.17, 15) is 9.18 Å². The van der Waals surface area contributed by atoms with E-state index >= 15 is 0 Å². The molecule has 2 aromatic carbocycles. The van der Waals surface area contributed by atoms with Gasteiger partial charge in [-0.25, -0.2) is 4.39 Å². The minimum Gasteiger partial charge on any atom is -0.454 e. The van der Waals surface area contributed by atoms with Crippen LogP contribution >= 0.6 is 11.6 Å². The highest BCUT2D eigenvalue weighted by molar-refractivity contribution is 6.34. The molecule has 0 spiro atoms. The summed E-state index contributed by atoms with van der Waals surface area (Å²) in [4.78, 5) is 11.2. The predicted molar refractivity (Wildman–Crippen MR) is 72.7 cm³/mol. The van der Waals surface area contributed by atoms with Gasteiger partial charge in [-0.2, -0.15) is 0 Å². The van der Waals surface area contributed by atoms with E-state index in [1.54, 1.807) is 24.3 Å². The second-order valence-electron chi connectivity index (χ2n) is 4.23. The highest BCUT2D eigenvalue weighted by Gasteiger charge is 2.09. The van der Waals surface area contributed by atoms with Gasteiger partial charge >= 0.3 is 0 Å². The second-order valence-corrected chi connectivity index (χ2v) is 4.64. The molecule has 98 valence electrons. The van der Waals surface area contributed by atoms with Crippen LogP contribution in [0, 0.1) is 12.7 Å². The van der Waals surface area contributed by atoms with Crippen LogP contribution in [0.2, 0.25) is 5.02 Å². The standard InChI is InChI=1S/C15H12ClFO2/c1-9-3-6-14(17)15(7-9)19-11-4-5-12(10(2)18)13(16)8-11/h3-8H,1-2H3. The van der Waals surface area contributed by atoms with E-state index < -0.39 is 5.82 Å². The Bertz CT molecular complexity index is 638. The predicted octanol–water partition coefficient (Wildman–Crippen LogP) is 4.78. The van der Waals surface area contributed by atoms with Crippen molar-refractivity contribution in [2.24, 2.45) is 0 Å². The van der Waals surface area contributed by atoms with Crippen molar-refractivity contribution in [2.45, 2.75) is 13.8 Å². The van der Waals surface area contributed by atoms with Crippen molar-refractivity contribution in [1.82, 2.24) is 0 Å². The molecule has 0 aliphatic heterocycles. The third-order valence-corrected chi connectivity index (χ3v) is 2.95. The number of halogens is 2. The number of rotatable bonds is 3. The van der Waals surface area contributed by atoms with Gasteiger partial charge in [-0.3, -0.25) is 4.79 Å². The van der Waals surface area contributed by atoms with Crippen LogP contribution in [0.1, 0.15) is 22.8 Å². The number of hydrogen-bond donors (Lipinski definition) is 0. The molecule has 0 fully saturated rings. The van der Waals surface area contributed by atoms with Gasteiger partial charge in [0.1, 0.15) is 5.75 Å². The van der Waals surface area contributed by atoms with Crippen molar-refractivity contribution in [2.75, 3.05) is 0 Å². The van der Waals surface area contributed by atoms with Crippen LogP contribution < -0.4 is 4.74 Å². The highest BCUT2D eigenvalue weighted by atomic mass is 35.5. The number of aryl methyl sites for hydroxylation is 1. The van der Waals surface area contributed by atoms with E-state index in [-0.39, 0.29) is 16.6 Å². The molecule has 0 atom stereocenters. The van der Waals surface area contributed by atoms with Gasteiger partial charge in [0.2, 0.25) is 0 Å². The van der Waals surface area contributed by atoms with Crippen molar-refractivity contribution < 1.29 is 13.9 Å². The van der Waals surface area contributed by atoms with E-state index in [0.29, 0.717) is 11.3 Å². The van der Waals surface area contributed by atoms with Gasteiger partial charge < -0.3 is 4.74 Å². The molecule has 0 amide bonds. The molecule has 0 aliphatic rings. The Balaban J connectivity index is 2.31. The summed E-state index contributed by atoms with van der Waals surface area (Å²) in [6, 6.07) is 9.25. The summed E-state index contributed by atoms with van der Waals surface area (Å²) in [6.07, 6.45) is 0. The van der Waals surface area contributed by atoms with E-state index in [1.165, 1.54) is 19.1 Å². The third kappa shape index (κ3) is 3.12. The van der Waals surface area contributed by atoms with Crippen LogP contribution in [0.25, 0.3) is 0 Å². The zero-order chi connectivity index (χ0) is 14.0. The molecule has 0 unspecified atom stereocenters. The molecule has 2 aromatic rings. The van der Waals surface area contributed by atoms with Crippen LogP contribution in [-0.2, 0) is 0 Å². The summed E-state index contributed by atoms with van der Waals surface area (Å²) in [5.41, 5.74) is 1.31. The lowest BCUT2D eigenvalue weighted by Crippen LogP contribution is -1.94. The highest BCUT2D eigenvalue weighted by Crippen LogP contribution is 2.29. The minimum atomic E-state index is -0.447. The van der Waals surface area contributed by atoms with E-state index in [0.717, 1.165) is 5.56 Å². The summed E-state index contributed by atoms with van der Waals surface area (Å²) < 4.78 is 19.0. The van der Waals surface area contributed by atoms with Crippen LogP contribution in [-0.4, -0.2) is 5.78 Å². The molecule has 2 nitrogen and oxygen atoms in total. The van der Waals surface area contributed by atoms with E-state index in [2.05, 4.69) is 0 Å². The monoisotopic (exact) mass is 278 g/mol. The lowest BCUT2D eigenvalue weighted by molar-refractivity contribution is 0.101. The fraction of sp³-hybridized carbons (Fsp3) is 0.133. The fourth-order valence-electron chi connectivity index (χ4n) is 1.66. The number of Topliss-reactive ketones (excluding diaryl/α,β-unsaturated/α-hetero) is 1. The van der Waals surface area contributed by atoms with Crippen molar-refractivity contribution in [1.29, 1.82) is 0 Å². The normalized spacial score (nSPS) is 10.3. The maximum Gasteiger partial charge on any atom is 0.165 e. The number of ketones is 1. The molecule has 0 aromatic heterocycles. The Morgan fingerprint density at radius 3 is 2.58 bits per heavy atom. The maximum absolute atomic E-state index is 13.6. The molecular weight excluding hydrogens is 267 g/mol. The zero-order valence-electron chi connectivity index (χ0n) is 10.5. The van der Waals surface area contributed by atoms with E-state index in [1.807, 2.05) is 6.92 Å². The quantitative estimate of drug-likeness (QED) is 0.755. The van der Waals surface area contributed by atoms with Crippen LogP contribution in [0.4, 0.5) is 4.39 Å². The van der Waals surface area contributed by atoms with Crippen LogP contribution in [0.5, 0.6) is 11.5 Å². The Labute approximate surface area is 115 Å². The number of carbonyl (C=O) groups excluding carboxylic acids is 1. The van der Waals surface area contributed by atoms with Crippen molar-refractivity contribution in [3.8, 4) is 11.5 Å². The summed E-state index contributed by atoms with van der Waals surface area (Å²) in [7, 11) is 0. The van der Waals surface area contributed by atoms with Gasteiger partial charge in [0.05, 0.1) is 5.02 Å². The van der Waals surface area contributed by atoms with Crippen molar-refractivity contribution >= 4 is 17.4 Å². The molecule has 0 saturated heterocycles. The molecule has 0 N–H and O–H groups in total. The Hall–Kier alpha value is -1.87. The largest absolute Gasteiger partial charge is 0.454 e. The molecule has 0 aliphatic carbocycles. The van der Waals surface area contributed by atoms with Crippen molar-refractivity contribution in [3.63, 3.8) is 0 Å².